The smallest absolute Gasteiger partial charge is 0.156 e. The lowest BCUT2D eigenvalue weighted by atomic mass is 9.68. The second-order valence-corrected chi connectivity index (χ2v) is 5.95. The molecule has 1 unspecified atom stereocenters. The lowest BCUT2D eigenvalue weighted by Gasteiger charge is -2.35. The highest BCUT2D eigenvalue weighted by Gasteiger charge is 2.33. The molecule has 1 aliphatic carbocycles. The van der Waals surface area contributed by atoms with Gasteiger partial charge < -0.3 is 0 Å². The van der Waals surface area contributed by atoms with Gasteiger partial charge in [-0.15, -0.1) is 0 Å². The predicted molar refractivity (Wildman–Crippen MR) is 79.2 cm³/mol. The Hall–Kier alpha value is -1.89. The van der Waals surface area contributed by atoms with Crippen molar-refractivity contribution in [2.75, 3.05) is 0 Å². The van der Waals surface area contributed by atoms with Crippen LogP contribution >= 0.6 is 0 Å². The maximum atomic E-state index is 11.8. The van der Waals surface area contributed by atoms with Gasteiger partial charge in [0.1, 0.15) is 0 Å². The van der Waals surface area contributed by atoms with Gasteiger partial charge in [0.2, 0.25) is 0 Å². The molecule has 3 rings (SSSR count). The Bertz CT molecular complexity index is 659. The van der Waals surface area contributed by atoms with Crippen LogP contribution in [-0.2, 0) is 4.79 Å². The van der Waals surface area contributed by atoms with Crippen molar-refractivity contribution in [2.24, 2.45) is 5.41 Å². The minimum Gasteiger partial charge on any atom is -0.295 e. The largest absolute Gasteiger partial charge is 0.295 e. The Morgan fingerprint density at radius 2 is 1.79 bits per heavy atom. The third kappa shape index (κ3) is 2.10. The molecule has 2 aromatic carbocycles. The van der Waals surface area contributed by atoms with Gasteiger partial charge >= 0.3 is 0 Å². The molecule has 0 bridgehead atoms. The van der Waals surface area contributed by atoms with Gasteiger partial charge in [-0.3, -0.25) is 4.79 Å². The standard InChI is InChI=1S/C18H18O/c1-18(2)11-10-14(19)12-17(18)16-9-5-7-13-6-3-4-8-15(13)16/h3-11,17H,12H2,1-2H3. The molecule has 2 aromatic rings. The van der Waals surface area contributed by atoms with Crippen LogP contribution in [0.4, 0.5) is 0 Å². The third-order valence-corrected chi connectivity index (χ3v) is 4.20. The molecule has 0 aromatic heterocycles. The molecule has 1 nitrogen and oxygen atoms in total. The molecule has 0 amide bonds. The van der Waals surface area contributed by atoms with Crippen LogP contribution in [0.25, 0.3) is 10.8 Å². The average molecular weight is 250 g/mol. The first-order valence-corrected chi connectivity index (χ1v) is 6.78. The Kier molecular flexibility index (Phi) is 2.78. The maximum Gasteiger partial charge on any atom is 0.156 e. The second-order valence-electron chi connectivity index (χ2n) is 5.95. The highest BCUT2D eigenvalue weighted by atomic mass is 16.1. The van der Waals surface area contributed by atoms with Gasteiger partial charge in [0.15, 0.2) is 5.78 Å². The number of rotatable bonds is 1. The fourth-order valence-electron chi connectivity index (χ4n) is 3.02. The average Bonchev–Trinajstić information content (AvgIpc) is 2.41. The summed E-state index contributed by atoms with van der Waals surface area (Å²) >= 11 is 0. The van der Waals surface area contributed by atoms with E-state index in [1.165, 1.54) is 16.3 Å². The molecule has 0 spiro atoms. The lowest BCUT2D eigenvalue weighted by molar-refractivity contribution is -0.116. The summed E-state index contributed by atoms with van der Waals surface area (Å²) in [6.07, 6.45) is 4.41. The zero-order valence-corrected chi connectivity index (χ0v) is 11.4. The van der Waals surface area contributed by atoms with Crippen molar-refractivity contribution >= 4 is 16.6 Å². The molecule has 0 aliphatic heterocycles. The number of ketones is 1. The highest BCUT2D eigenvalue weighted by molar-refractivity contribution is 5.93. The van der Waals surface area contributed by atoms with Crippen LogP contribution < -0.4 is 0 Å². The van der Waals surface area contributed by atoms with Crippen LogP contribution in [0.5, 0.6) is 0 Å². The minimum absolute atomic E-state index is 0.0258. The molecule has 0 N–H and O–H groups in total. The summed E-state index contributed by atoms with van der Waals surface area (Å²) in [6.45, 7) is 4.42. The predicted octanol–water partition coefficient (Wildman–Crippen LogP) is 4.48. The molecule has 1 atom stereocenters. The summed E-state index contributed by atoms with van der Waals surface area (Å²) in [5.74, 6) is 0.494. The Balaban J connectivity index is 2.19. The van der Waals surface area contributed by atoms with Crippen LogP contribution in [0.2, 0.25) is 0 Å². The van der Waals surface area contributed by atoms with E-state index in [-0.39, 0.29) is 17.1 Å². The van der Waals surface area contributed by atoms with Crippen LogP contribution in [0.1, 0.15) is 31.7 Å². The Labute approximate surface area is 113 Å². The normalized spacial score (nSPS) is 21.8. The monoisotopic (exact) mass is 250 g/mol. The van der Waals surface area contributed by atoms with E-state index in [0.29, 0.717) is 6.42 Å². The van der Waals surface area contributed by atoms with E-state index >= 15 is 0 Å². The van der Waals surface area contributed by atoms with Crippen LogP contribution in [-0.4, -0.2) is 5.78 Å². The summed E-state index contributed by atoms with van der Waals surface area (Å²) in [6, 6.07) is 14.8. The van der Waals surface area contributed by atoms with E-state index in [1.807, 2.05) is 0 Å². The third-order valence-electron chi connectivity index (χ3n) is 4.20. The molecule has 0 fully saturated rings. The SMILES string of the molecule is CC1(C)C=CC(=O)CC1c1cccc2ccccc12. The second kappa shape index (κ2) is 4.34. The van der Waals surface area contributed by atoms with Gasteiger partial charge in [-0.2, -0.15) is 0 Å². The summed E-state index contributed by atoms with van der Waals surface area (Å²) < 4.78 is 0. The van der Waals surface area contributed by atoms with Crippen molar-refractivity contribution in [3.63, 3.8) is 0 Å². The molecule has 0 saturated carbocycles. The highest BCUT2D eigenvalue weighted by Crippen LogP contribution is 2.44. The van der Waals surface area contributed by atoms with Crippen LogP contribution in [0, 0.1) is 5.41 Å². The summed E-state index contributed by atoms with van der Waals surface area (Å²) in [7, 11) is 0. The van der Waals surface area contributed by atoms with Crippen molar-refractivity contribution in [1.82, 2.24) is 0 Å². The molecule has 19 heavy (non-hydrogen) atoms. The van der Waals surface area contributed by atoms with E-state index < -0.39 is 0 Å². The Morgan fingerprint density at radius 3 is 2.63 bits per heavy atom. The van der Waals surface area contributed by atoms with Crippen molar-refractivity contribution < 1.29 is 4.79 Å². The van der Waals surface area contributed by atoms with E-state index in [2.05, 4.69) is 62.4 Å². The quantitative estimate of drug-likeness (QED) is 0.729. The first-order valence-electron chi connectivity index (χ1n) is 6.78. The van der Waals surface area contributed by atoms with Crippen molar-refractivity contribution in [3.05, 3.63) is 60.2 Å². The topological polar surface area (TPSA) is 17.1 Å². The Morgan fingerprint density at radius 1 is 1.05 bits per heavy atom. The number of fused-ring (bicyclic) bond motifs is 1. The van der Waals surface area contributed by atoms with Crippen molar-refractivity contribution in [3.8, 4) is 0 Å². The van der Waals surface area contributed by atoms with E-state index in [0.717, 1.165) is 0 Å². The maximum absolute atomic E-state index is 11.8. The molecule has 0 saturated heterocycles. The van der Waals surface area contributed by atoms with Gasteiger partial charge in [0.05, 0.1) is 0 Å². The van der Waals surface area contributed by atoms with Crippen molar-refractivity contribution in [2.45, 2.75) is 26.2 Å². The van der Waals surface area contributed by atoms with E-state index in [1.54, 1.807) is 6.08 Å². The molecule has 0 heterocycles. The molecular formula is C18H18O. The zero-order chi connectivity index (χ0) is 13.5. The first kappa shape index (κ1) is 12.2. The zero-order valence-electron chi connectivity index (χ0n) is 11.4. The number of carbonyl (C=O) groups excluding carboxylic acids is 1. The van der Waals surface area contributed by atoms with Gasteiger partial charge in [0.25, 0.3) is 0 Å². The lowest BCUT2D eigenvalue weighted by Crippen LogP contribution is -2.26. The van der Waals surface area contributed by atoms with Crippen molar-refractivity contribution in [1.29, 1.82) is 0 Å². The summed E-state index contributed by atoms with van der Waals surface area (Å²) in [4.78, 5) is 11.8. The molecule has 0 radical (unpaired) electrons. The number of carbonyl (C=O) groups is 1. The first-order chi connectivity index (χ1) is 9.08. The van der Waals surface area contributed by atoms with Gasteiger partial charge in [-0.25, -0.2) is 0 Å². The van der Waals surface area contributed by atoms with Gasteiger partial charge in [-0.1, -0.05) is 62.4 Å². The summed E-state index contributed by atoms with van der Waals surface area (Å²) in [5, 5.41) is 2.52. The molecular weight excluding hydrogens is 232 g/mol. The minimum atomic E-state index is 0.0258. The number of benzene rings is 2. The van der Waals surface area contributed by atoms with E-state index in [4.69, 9.17) is 0 Å². The number of allylic oxidation sites excluding steroid dienone is 2. The number of hydrogen-bond acceptors (Lipinski definition) is 1. The fraction of sp³-hybridized carbons (Fsp3) is 0.278. The molecule has 1 aliphatic rings. The van der Waals surface area contributed by atoms with Gasteiger partial charge in [-0.05, 0) is 27.8 Å². The molecule has 1 heteroatoms. The van der Waals surface area contributed by atoms with Crippen LogP contribution in [0.3, 0.4) is 0 Å². The molecule has 96 valence electrons. The van der Waals surface area contributed by atoms with Gasteiger partial charge in [0, 0.05) is 12.3 Å². The number of hydrogen-bond donors (Lipinski definition) is 0. The van der Waals surface area contributed by atoms with E-state index in [9.17, 15) is 4.79 Å². The fourth-order valence-corrected chi connectivity index (χ4v) is 3.02. The van der Waals surface area contributed by atoms with Crippen LogP contribution in [0.15, 0.2) is 54.6 Å². The summed E-state index contributed by atoms with van der Waals surface area (Å²) in [5.41, 5.74) is 1.32.